The van der Waals surface area contributed by atoms with Crippen molar-refractivity contribution in [3.8, 4) is 0 Å². The number of halogens is 2. The number of nitrogens with zero attached hydrogens (tertiary/aromatic N) is 2. The summed E-state index contributed by atoms with van der Waals surface area (Å²) in [6.07, 6.45) is 1.07. The Bertz CT molecular complexity index is 361. The number of aryl methyl sites for hydroxylation is 2. The first-order valence-electron chi connectivity index (χ1n) is 5.93. The fourth-order valence-corrected chi connectivity index (χ4v) is 2.35. The molecule has 1 aromatic heterocycles. The molecule has 0 aliphatic rings. The summed E-state index contributed by atoms with van der Waals surface area (Å²) >= 11 is 12.1. The zero-order chi connectivity index (χ0) is 13.0. The zero-order valence-corrected chi connectivity index (χ0v) is 12.4. The van der Waals surface area contributed by atoms with Crippen LogP contribution in [-0.2, 0) is 13.6 Å². The molecule has 0 radical (unpaired) electrons. The number of hydrogen-bond donors (Lipinski definition) is 1. The van der Waals surface area contributed by atoms with Crippen LogP contribution in [0.15, 0.2) is 0 Å². The molecule has 0 aliphatic carbocycles. The maximum Gasteiger partial charge on any atom is 0.0860 e. The number of hydrogen-bond acceptors (Lipinski definition) is 2. The van der Waals surface area contributed by atoms with Crippen molar-refractivity contribution in [2.45, 2.75) is 39.8 Å². The Kier molecular flexibility index (Phi) is 5.77. The van der Waals surface area contributed by atoms with Crippen LogP contribution >= 0.6 is 23.2 Å². The molecule has 5 heteroatoms. The van der Waals surface area contributed by atoms with E-state index in [0.29, 0.717) is 24.4 Å². The van der Waals surface area contributed by atoms with Crippen molar-refractivity contribution in [3.05, 3.63) is 16.4 Å². The summed E-state index contributed by atoms with van der Waals surface area (Å²) in [7, 11) is 1.91. The third-order valence-electron chi connectivity index (χ3n) is 2.76. The van der Waals surface area contributed by atoms with E-state index >= 15 is 0 Å². The minimum atomic E-state index is 0.322. The van der Waals surface area contributed by atoms with Crippen LogP contribution in [0.25, 0.3) is 0 Å². The second kappa shape index (κ2) is 6.62. The Labute approximate surface area is 113 Å². The Hall–Kier alpha value is -0.250. The van der Waals surface area contributed by atoms with Crippen LogP contribution in [0.3, 0.4) is 0 Å². The quantitative estimate of drug-likeness (QED) is 0.810. The standard InChI is InChI=1S/C12H21Cl2N3/c1-8(2)5-10(6-13)15-7-11-12(14)9(3)16-17(11)4/h8,10,15H,5-7H2,1-4H3. The van der Waals surface area contributed by atoms with Gasteiger partial charge in [0.25, 0.3) is 0 Å². The Balaban J connectivity index is 2.59. The van der Waals surface area contributed by atoms with Gasteiger partial charge in [0.1, 0.15) is 0 Å². The molecule has 0 aliphatic heterocycles. The fourth-order valence-electron chi connectivity index (χ4n) is 1.88. The van der Waals surface area contributed by atoms with Gasteiger partial charge in [0.2, 0.25) is 0 Å². The van der Waals surface area contributed by atoms with Crippen molar-refractivity contribution in [3.63, 3.8) is 0 Å². The molecule has 0 spiro atoms. The minimum Gasteiger partial charge on any atom is -0.307 e. The molecule has 1 heterocycles. The molecule has 1 atom stereocenters. The van der Waals surface area contributed by atoms with E-state index in [1.54, 1.807) is 0 Å². The maximum atomic E-state index is 6.19. The van der Waals surface area contributed by atoms with Gasteiger partial charge in [-0.2, -0.15) is 5.10 Å². The van der Waals surface area contributed by atoms with E-state index in [0.717, 1.165) is 22.8 Å². The molecule has 0 fully saturated rings. The van der Waals surface area contributed by atoms with E-state index in [-0.39, 0.29) is 0 Å². The van der Waals surface area contributed by atoms with Gasteiger partial charge < -0.3 is 5.32 Å². The fraction of sp³-hybridized carbons (Fsp3) is 0.750. The largest absolute Gasteiger partial charge is 0.307 e. The van der Waals surface area contributed by atoms with Crippen molar-refractivity contribution in [2.24, 2.45) is 13.0 Å². The third-order valence-corrected chi connectivity index (χ3v) is 3.63. The lowest BCUT2D eigenvalue weighted by atomic mass is 10.1. The molecule has 98 valence electrons. The average Bonchev–Trinajstić information content (AvgIpc) is 2.49. The van der Waals surface area contributed by atoms with Gasteiger partial charge >= 0.3 is 0 Å². The molecule has 17 heavy (non-hydrogen) atoms. The number of rotatable bonds is 6. The highest BCUT2D eigenvalue weighted by molar-refractivity contribution is 6.31. The number of aromatic nitrogens is 2. The normalized spacial score (nSPS) is 13.4. The summed E-state index contributed by atoms with van der Waals surface area (Å²) in [5.74, 6) is 1.25. The first-order valence-corrected chi connectivity index (χ1v) is 6.84. The van der Waals surface area contributed by atoms with E-state index < -0.39 is 0 Å². The summed E-state index contributed by atoms with van der Waals surface area (Å²) in [4.78, 5) is 0. The van der Waals surface area contributed by atoms with Gasteiger partial charge in [-0.1, -0.05) is 25.4 Å². The third kappa shape index (κ3) is 4.16. The van der Waals surface area contributed by atoms with Gasteiger partial charge in [0, 0.05) is 25.5 Å². The summed E-state index contributed by atoms with van der Waals surface area (Å²) in [6.45, 7) is 7.02. The molecule has 0 amide bonds. The Morgan fingerprint density at radius 1 is 1.41 bits per heavy atom. The smallest absolute Gasteiger partial charge is 0.0860 e. The minimum absolute atomic E-state index is 0.322. The van der Waals surface area contributed by atoms with Crippen LogP contribution in [0, 0.1) is 12.8 Å². The monoisotopic (exact) mass is 277 g/mol. The van der Waals surface area contributed by atoms with Gasteiger partial charge in [0.15, 0.2) is 0 Å². The first-order chi connectivity index (χ1) is 7.95. The van der Waals surface area contributed by atoms with Crippen molar-refractivity contribution in [2.75, 3.05) is 5.88 Å². The van der Waals surface area contributed by atoms with E-state index in [1.807, 2.05) is 18.7 Å². The average molecular weight is 278 g/mol. The summed E-state index contributed by atoms with van der Waals surface area (Å²) in [6, 6.07) is 0.322. The predicted molar refractivity (Wildman–Crippen MR) is 73.8 cm³/mol. The Morgan fingerprint density at radius 3 is 2.47 bits per heavy atom. The lowest BCUT2D eigenvalue weighted by molar-refractivity contribution is 0.438. The van der Waals surface area contributed by atoms with Crippen LogP contribution in [0.2, 0.25) is 5.02 Å². The molecule has 3 nitrogen and oxygen atoms in total. The molecule has 0 bridgehead atoms. The van der Waals surface area contributed by atoms with Gasteiger partial charge in [-0.25, -0.2) is 0 Å². The molecule has 1 aromatic rings. The lowest BCUT2D eigenvalue weighted by Crippen LogP contribution is -2.32. The molecule has 1 N–H and O–H groups in total. The van der Waals surface area contributed by atoms with E-state index in [9.17, 15) is 0 Å². The maximum absolute atomic E-state index is 6.19. The second-order valence-corrected chi connectivity index (χ2v) is 5.52. The first kappa shape index (κ1) is 14.8. The van der Waals surface area contributed by atoms with Crippen LogP contribution in [0.4, 0.5) is 0 Å². The van der Waals surface area contributed by atoms with E-state index in [4.69, 9.17) is 23.2 Å². The van der Waals surface area contributed by atoms with Crippen LogP contribution in [0.1, 0.15) is 31.7 Å². The number of nitrogens with one attached hydrogen (secondary N) is 1. The molecule has 0 saturated heterocycles. The lowest BCUT2D eigenvalue weighted by Gasteiger charge is -2.18. The van der Waals surface area contributed by atoms with E-state index in [2.05, 4.69) is 24.3 Å². The number of alkyl halides is 1. The summed E-state index contributed by atoms with van der Waals surface area (Å²) < 4.78 is 1.82. The van der Waals surface area contributed by atoms with Crippen LogP contribution in [0.5, 0.6) is 0 Å². The molecule has 0 aromatic carbocycles. The van der Waals surface area contributed by atoms with Gasteiger partial charge in [-0.05, 0) is 19.3 Å². The van der Waals surface area contributed by atoms with Gasteiger partial charge in [-0.3, -0.25) is 4.68 Å². The van der Waals surface area contributed by atoms with Crippen molar-refractivity contribution in [1.82, 2.24) is 15.1 Å². The van der Waals surface area contributed by atoms with Gasteiger partial charge in [-0.15, -0.1) is 11.6 Å². The van der Waals surface area contributed by atoms with Crippen LogP contribution < -0.4 is 5.32 Å². The molecule has 1 unspecified atom stereocenters. The SMILES string of the molecule is Cc1nn(C)c(CNC(CCl)CC(C)C)c1Cl. The summed E-state index contributed by atoms with van der Waals surface area (Å²) in [5.41, 5.74) is 1.89. The Morgan fingerprint density at radius 2 is 2.06 bits per heavy atom. The second-order valence-electron chi connectivity index (χ2n) is 4.83. The summed E-state index contributed by atoms with van der Waals surface area (Å²) in [5, 5.41) is 8.47. The molecule has 1 rings (SSSR count). The van der Waals surface area contributed by atoms with Crippen molar-refractivity contribution < 1.29 is 0 Å². The topological polar surface area (TPSA) is 29.9 Å². The molecular formula is C12H21Cl2N3. The van der Waals surface area contributed by atoms with Crippen LogP contribution in [-0.4, -0.2) is 21.7 Å². The highest BCUT2D eigenvalue weighted by atomic mass is 35.5. The highest BCUT2D eigenvalue weighted by Crippen LogP contribution is 2.19. The zero-order valence-electron chi connectivity index (χ0n) is 10.9. The molecule has 0 saturated carbocycles. The van der Waals surface area contributed by atoms with Crippen molar-refractivity contribution in [1.29, 1.82) is 0 Å². The predicted octanol–water partition coefficient (Wildman–Crippen LogP) is 3.13. The van der Waals surface area contributed by atoms with Gasteiger partial charge in [0.05, 0.1) is 16.4 Å². The highest BCUT2D eigenvalue weighted by Gasteiger charge is 2.14. The van der Waals surface area contributed by atoms with E-state index in [1.165, 1.54) is 0 Å². The van der Waals surface area contributed by atoms with Crippen molar-refractivity contribution >= 4 is 23.2 Å². The molecular weight excluding hydrogens is 257 g/mol.